The van der Waals surface area contributed by atoms with Gasteiger partial charge in [-0.25, -0.2) is 0 Å². The lowest BCUT2D eigenvalue weighted by Gasteiger charge is -2.61. The van der Waals surface area contributed by atoms with Crippen LogP contribution in [0.5, 0.6) is 0 Å². The molecular formula is C30H49FO. The molecule has 5 rings (SSSR count). The molecule has 5 fully saturated rings. The fraction of sp³-hybridized carbons (Fsp3) is 0.933. The zero-order valence-electron chi connectivity index (χ0n) is 21.8. The lowest BCUT2D eigenvalue weighted by atomic mass is 9.45. The second kappa shape index (κ2) is 8.10. The number of alkyl halides is 1. The molecule has 5 saturated carbocycles. The van der Waals surface area contributed by atoms with Gasteiger partial charge in [-0.05, 0) is 131 Å². The van der Waals surface area contributed by atoms with Gasteiger partial charge < -0.3 is 4.74 Å². The first-order valence-electron chi connectivity index (χ1n) is 14.0. The highest BCUT2D eigenvalue weighted by Crippen LogP contribution is 2.82. The van der Waals surface area contributed by atoms with Crippen LogP contribution in [-0.4, -0.2) is 19.9 Å². The number of rotatable bonds is 7. The molecule has 5 aliphatic rings. The van der Waals surface area contributed by atoms with Gasteiger partial charge in [0.15, 0.2) is 0 Å². The van der Waals surface area contributed by atoms with Crippen LogP contribution < -0.4 is 0 Å². The van der Waals surface area contributed by atoms with Crippen molar-refractivity contribution in [1.82, 2.24) is 0 Å². The average Bonchev–Trinajstić information content (AvgIpc) is 3.27. The minimum absolute atomic E-state index is 0.205. The molecule has 1 spiro atoms. The van der Waals surface area contributed by atoms with Crippen molar-refractivity contribution >= 4 is 0 Å². The van der Waals surface area contributed by atoms with E-state index in [1.54, 1.807) is 0 Å². The Kier molecular flexibility index (Phi) is 5.91. The Morgan fingerprint density at radius 3 is 2.47 bits per heavy atom. The molecule has 2 heteroatoms. The summed E-state index contributed by atoms with van der Waals surface area (Å²) in [6.45, 7) is 12.0. The number of fused-ring (bicyclic) bond motifs is 4. The summed E-state index contributed by atoms with van der Waals surface area (Å²) in [5, 5.41) is 0. The fourth-order valence-electron chi connectivity index (χ4n) is 10.9. The summed E-state index contributed by atoms with van der Waals surface area (Å²) < 4.78 is 19.3. The highest BCUT2D eigenvalue weighted by Gasteiger charge is 2.77. The van der Waals surface area contributed by atoms with Crippen LogP contribution in [0.25, 0.3) is 0 Å². The summed E-state index contributed by atoms with van der Waals surface area (Å²) in [5.41, 5.74) is 4.30. The zero-order valence-corrected chi connectivity index (χ0v) is 21.8. The standard InChI is InChI=1S/C30H49FO/c1-19(2)21(13-16-31)8-7-20(3)24-9-10-25-23-17-27(32-6)30-18-22(30)11-15-29(30,5)26(23)12-14-28(24,25)4/h20,22-27H,7-18H2,1-6H3/t20-,22+,23+,24-,25+,26+,27-,28-,29-,30+/m1/s1. The van der Waals surface area contributed by atoms with Gasteiger partial charge >= 0.3 is 0 Å². The first-order valence-corrected chi connectivity index (χ1v) is 14.0. The van der Waals surface area contributed by atoms with E-state index in [0.717, 1.165) is 41.9 Å². The molecule has 0 N–H and O–H groups in total. The summed E-state index contributed by atoms with van der Waals surface area (Å²) in [4.78, 5) is 0. The van der Waals surface area contributed by atoms with Crippen molar-refractivity contribution in [3.63, 3.8) is 0 Å². The van der Waals surface area contributed by atoms with Crippen LogP contribution in [0.15, 0.2) is 11.1 Å². The number of allylic oxidation sites excluding steroid dienone is 2. The van der Waals surface area contributed by atoms with Crippen molar-refractivity contribution in [2.45, 2.75) is 111 Å². The van der Waals surface area contributed by atoms with E-state index in [0.29, 0.717) is 28.8 Å². The molecule has 182 valence electrons. The maximum atomic E-state index is 13.0. The topological polar surface area (TPSA) is 9.23 Å². The van der Waals surface area contributed by atoms with Crippen LogP contribution in [0.1, 0.15) is 105 Å². The molecule has 0 aromatic carbocycles. The summed E-state index contributed by atoms with van der Waals surface area (Å²) >= 11 is 0. The Hall–Kier alpha value is -0.370. The molecular weight excluding hydrogens is 395 g/mol. The molecule has 5 aliphatic carbocycles. The highest BCUT2D eigenvalue weighted by atomic mass is 19.1. The van der Waals surface area contributed by atoms with Crippen molar-refractivity contribution < 1.29 is 9.13 Å². The third kappa shape index (κ3) is 3.09. The van der Waals surface area contributed by atoms with E-state index in [1.165, 1.54) is 68.9 Å². The minimum atomic E-state index is -0.205. The number of methoxy groups -OCH3 is 1. The third-order valence-corrected chi connectivity index (χ3v) is 12.6. The molecule has 0 unspecified atom stereocenters. The van der Waals surface area contributed by atoms with Gasteiger partial charge in [-0.15, -0.1) is 0 Å². The van der Waals surface area contributed by atoms with Crippen LogP contribution >= 0.6 is 0 Å². The monoisotopic (exact) mass is 444 g/mol. The lowest BCUT2D eigenvalue weighted by molar-refractivity contribution is -0.161. The van der Waals surface area contributed by atoms with Gasteiger partial charge in [0.1, 0.15) is 0 Å². The predicted octanol–water partition coefficient (Wildman–Crippen LogP) is 8.38. The summed E-state index contributed by atoms with van der Waals surface area (Å²) in [6, 6.07) is 0. The molecule has 0 amide bonds. The SMILES string of the molecule is CO[C@@H]1C[C@H]2[C@@H]3CC[C@H]([C@H](C)CCC(CCF)=C(C)C)[C@@]3(C)CC[C@@H]2[C@@]2(C)CC[C@H]3C[C@]312. The van der Waals surface area contributed by atoms with Gasteiger partial charge in [0.05, 0.1) is 12.8 Å². The second-order valence-corrected chi connectivity index (χ2v) is 13.5. The molecule has 0 bridgehead atoms. The van der Waals surface area contributed by atoms with E-state index in [4.69, 9.17) is 4.74 Å². The van der Waals surface area contributed by atoms with Crippen LogP contribution in [-0.2, 0) is 4.74 Å². The Balaban J connectivity index is 1.33. The van der Waals surface area contributed by atoms with E-state index in [9.17, 15) is 4.39 Å². The van der Waals surface area contributed by atoms with Crippen LogP contribution in [0.3, 0.4) is 0 Å². The smallest absolute Gasteiger partial charge is 0.0931 e. The third-order valence-electron chi connectivity index (χ3n) is 12.6. The Labute approximate surface area is 197 Å². The largest absolute Gasteiger partial charge is 0.381 e. The molecule has 0 aromatic rings. The van der Waals surface area contributed by atoms with Crippen molar-refractivity contribution in [1.29, 1.82) is 0 Å². The van der Waals surface area contributed by atoms with Gasteiger partial charge in [0, 0.05) is 12.5 Å². The number of ether oxygens (including phenoxy) is 1. The predicted molar refractivity (Wildman–Crippen MR) is 131 cm³/mol. The van der Waals surface area contributed by atoms with E-state index in [1.807, 2.05) is 7.11 Å². The maximum absolute atomic E-state index is 13.0. The Morgan fingerprint density at radius 2 is 1.81 bits per heavy atom. The van der Waals surface area contributed by atoms with Gasteiger partial charge in [-0.1, -0.05) is 31.9 Å². The Bertz CT molecular complexity index is 754. The number of hydrogen-bond donors (Lipinski definition) is 0. The first-order chi connectivity index (χ1) is 15.2. The van der Waals surface area contributed by atoms with Gasteiger partial charge in [0.2, 0.25) is 0 Å². The van der Waals surface area contributed by atoms with E-state index >= 15 is 0 Å². The molecule has 32 heavy (non-hydrogen) atoms. The average molecular weight is 445 g/mol. The normalized spacial score (nSPS) is 49.6. The fourth-order valence-corrected chi connectivity index (χ4v) is 10.9. The van der Waals surface area contributed by atoms with Crippen LogP contribution in [0.4, 0.5) is 4.39 Å². The molecule has 0 radical (unpaired) electrons. The van der Waals surface area contributed by atoms with Gasteiger partial charge in [0.25, 0.3) is 0 Å². The van der Waals surface area contributed by atoms with E-state index in [-0.39, 0.29) is 6.67 Å². The number of hydrogen-bond acceptors (Lipinski definition) is 1. The quantitative estimate of drug-likeness (QED) is 0.358. The van der Waals surface area contributed by atoms with E-state index < -0.39 is 0 Å². The molecule has 10 atom stereocenters. The Morgan fingerprint density at radius 1 is 1.03 bits per heavy atom. The van der Waals surface area contributed by atoms with Crippen LogP contribution in [0, 0.1) is 51.8 Å². The summed E-state index contributed by atoms with van der Waals surface area (Å²) in [7, 11) is 2.01. The maximum Gasteiger partial charge on any atom is 0.0931 e. The highest BCUT2D eigenvalue weighted by molar-refractivity contribution is 5.26. The molecule has 0 aromatic heterocycles. The van der Waals surface area contributed by atoms with Gasteiger partial charge in [-0.3, -0.25) is 4.39 Å². The van der Waals surface area contributed by atoms with Crippen LogP contribution in [0.2, 0.25) is 0 Å². The zero-order chi connectivity index (χ0) is 22.9. The summed E-state index contributed by atoms with van der Waals surface area (Å²) in [5.74, 6) is 5.28. The van der Waals surface area contributed by atoms with Gasteiger partial charge in [-0.2, -0.15) is 0 Å². The van der Waals surface area contributed by atoms with Crippen molar-refractivity contribution in [3.8, 4) is 0 Å². The molecule has 0 saturated heterocycles. The van der Waals surface area contributed by atoms with Crippen molar-refractivity contribution in [2.75, 3.05) is 13.8 Å². The second-order valence-electron chi connectivity index (χ2n) is 13.5. The van der Waals surface area contributed by atoms with Crippen molar-refractivity contribution in [2.24, 2.45) is 51.8 Å². The first kappa shape index (κ1) is 23.4. The minimum Gasteiger partial charge on any atom is -0.381 e. The van der Waals surface area contributed by atoms with Crippen molar-refractivity contribution in [3.05, 3.63) is 11.1 Å². The summed E-state index contributed by atoms with van der Waals surface area (Å²) in [6.07, 6.45) is 15.0. The molecule has 0 heterocycles. The number of halogens is 1. The lowest BCUT2D eigenvalue weighted by Crippen LogP contribution is -2.57. The molecule has 1 nitrogen and oxygen atoms in total. The van der Waals surface area contributed by atoms with E-state index in [2.05, 4.69) is 34.6 Å². The molecule has 0 aliphatic heterocycles.